The van der Waals surface area contributed by atoms with E-state index in [-0.39, 0.29) is 5.91 Å². The lowest BCUT2D eigenvalue weighted by atomic mass is 10.1. The SMILES string of the molecule is Cc1ccccc1-n1nc(C)c(CN(C)CC(=O)Nc2c(C)cccc2C)c1C. The summed E-state index contributed by atoms with van der Waals surface area (Å²) in [5.74, 6) is -0.00787. The predicted molar refractivity (Wildman–Crippen MR) is 119 cm³/mol. The Labute approximate surface area is 173 Å². The molecule has 0 fully saturated rings. The Bertz CT molecular complexity index is 1020. The second kappa shape index (κ2) is 8.62. The Morgan fingerprint density at radius 2 is 1.59 bits per heavy atom. The van der Waals surface area contributed by atoms with Gasteiger partial charge in [0.05, 0.1) is 17.9 Å². The molecule has 2 aromatic carbocycles. The summed E-state index contributed by atoms with van der Waals surface area (Å²) >= 11 is 0. The van der Waals surface area contributed by atoms with Crippen LogP contribution < -0.4 is 5.32 Å². The summed E-state index contributed by atoms with van der Waals surface area (Å²) in [4.78, 5) is 14.6. The van der Waals surface area contributed by atoms with E-state index in [1.165, 1.54) is 5.56 Å². The second-order valence-electron chi connectivity index (χ2n) is 7.83. The van der Waals surface area contributed by atoms with E-state index in [9.17, 15) is 4.79 Å². The number of benzene rings is 2. The molecule has 1 N–H and O–H groups in total. The first-order valence-corrected chi connectivity index (χ1v) is 9.93. The first-order valence-electron chi connectivity index (χ1n) is 9.93. The minimum atomic E-state index is -0.00787. The van der Waals surface area contributed by atoms with E-state index in [1.807, 2.05) is 67.7 Å². The number of likely N-dealkylation sites (N-methyl/N-ethyl adjacent to an activating group) is 1. The molecule has 0 atom stereocenters. The van der Waals surface area contributed by atoms with E-state index in [1.54, 1.807) is 0 Å². The highest BCUT2D eigenvalue weighted by Crippen LogP contribution is 2.22. The Morgan fingerprint density at radius 3 is 2.24 bits per heavy atom. The highest BCUT2D eigenvalue weighted by Gasteiger charge is 2.17. The minimum Gasteiger partial charge on any atom is -0.324 e. The van der Waals surface area contributed by atoms with Gasteiger partial charge in [-0.05, 0) is 64.4 Å². The molecule has 29 heavy (non-hydrogen) atoms. The summed E-state index contributed by atoms with van der Waals surface area (Å²) < 4.78 is 2.00. The molecule has 0 aliphatic carbocycles. The van der Waals surface area contributed by atoms with Crippen LogP contribution in [0.25, 0.3) is 5.69 Å². The molecule has 3 rings (SSSR count). The fourth-order valence-electron chi connectivity index (χ4n) is 3.70. The zero-order valence-corrected chi connectivity index (χ0v) is 18.2. The van der Waals surface area contributed by atoms with Crippen LogP contribution in [0.4, 0.5) is 5.69 Å². The van der Waals surface area contributed by atoms with E-state index >= 15 is 0 Å². The number of anilines is 1. The number of para-hydroxylation sites is 2. The molecule has 0 saturated heterocycles. The molecule has 152 valence electrons. The molecule has 1 aromatic heterocycles. The number of nitrogens with one attached hydrogen (secondary N) is 1. The average Bonchev–Trinajstić information content (AvgIpc) is 2.93. The Balaban J connectivity index is 1.72. The molecule has 0 aliphatic heterocycles. The van der Waals surface area contributed by atoms with Gasteiger partial charge in [0.1, 0.15) is 0 Å². The molecular formula is C24H30N4O. The highest BCUT2D eigenvalue weighted by molar-refractivity contribution is 5.93. The number of rotatable bonds is 6. The molecule has 0 aliphatic rings. The molecule has 3 aromatic rings. The van der Waals surface area contributed by atoms with Crippen LogP contribution in [0.2, 0.25) is 0 Å². The van der Waals surface area contributed by atoms with Gasteiger partial charge in [0, 0.05) is 23.5 Å². The van der Waals surface area contributed by atoms with Crippen LogP contribution in [0, 0.1) is 34.6 Å². The topological polar surface area (TPSA) is 50.2 Å². The molecule has 1 amide bonds. The first-order chi connectivity index (χ1) is 13.8. The lowest BCUT2D eigenvalue weighted by molar-refractivity contribution is -0.117. The molecule has 5 heteroatoms. The van der Waals surface area contributed by atoms with E-state index in [0.717, 1.165) is 39.5 Å². The number of aryl methyl sites for hydroxylation is 4. The molecule has 0 unspecified atom stereocenters. The summed E-state index contributed by atoms with van der Waals surface area (Å²) in [7, 11) is 1.97. The maximum Gasteiger partial charge on any atom is 0.238 e. The van der Waals surface area contributed by atoms with E-state index in [0.29, 0.717) is 13.1 Å². The number of amides is 1. The third kappa shape index (κ3) is 4.57. The van der Waals surface area contributed by atoms with Gasteiger partial charge in [-0.15, -0.1) is 0 Å². The van der Waals surface area contributed by atoms with Crippen molar-refractivity contribution in [2.45, 2.75) is 41.2 Å². The van der Waals surface area contributed by atoms with Gasteiger partial charge in [0.15, 0.2) is 0 Å². The lowest BCUT2D eigenvalue weighted by Gasteiger charge is -2.18. The number of hydrogen-bond donors (Lipinski definition) is 1. The monoisotopic (exact) mass is 390 g/mol. The van der Waals surface area contributed by atoms with Gasteiger partial charge in [-0.25, -0.2) is 4.68 Å². The van der Waals surface area contributed by atoms with Gasteiger partial charge in [-0.3, -0.25) is 9.69 Å². The maximum absolute atomic E-state index is 12.6. The molecule has 5 nitrogen and oxygen atoms in total. The highest BCUT2D eigenvalue weighted by atomic mass is 16.2. The zero-order valence-electron chi connectivity index (χ0n) is 18.2. The minimum absolute atomic E-state index is 0.00787. The quantitative estimate of drug-likeness (QED) is 0.675. The van der Waals surface area contributed by atoms with Crippen molar-refractivity contribution < 1.29 is 4.79 Å². The Kier molecular flexibility index (Phi) is 6.18. The van der Waals surface area contributed by atoms with Crippen LogP contribution >= 0.6 is 0 Å². The first kappa shape index (κ1) is 20.8. The van der Waals surface area contributed by atoms with Crippen LogP contribution in [0.1, 0.15) is 33.6 Å². The van der Waals surface area contributed by atoms with Crippen molar-refractivity contribution in [3.63, 3.8) is 0 Å². The van der Waals surface area contributed by atoms with Crippen LogP contribution in [0.5, 0.6) is 0 Å². The second-order valence-corrected chi connectivity index (χ2v) is 7.83. The van der Waals surface area contributed by atoms with Crippen molar-refractivity contribution in [3.8, 4) is 5.69 Å². The van der Waals surface area contributed by atoms with Crippen molar-refractivity contribution in [1.29, 1.82) is 0 Å². The largest absolute Gasteiger partial charge is 0.324 e. The van der Waals surface area contributed by atoms with E-state index < -0.39 is 0 Å². The van der Waals surface area contributed by atoms with Crippen LogP contribution in [0.15, 0.2) is 42.5 Å². The standard InChI is InChI=1S/C24H30N4O/c1-16-10-7-8-13-22(16)28-20(5)21(19(4)26-28)14-27(6)15-23(29)25-24-17(2)11-9-12-18(24)3/h7-13H,14-15H2,1-6H3,(H,25,29). The van der Waals surface area contributed by atoms with Crippen LogP contribution in [-0.4, -0.2) is 34.2 Å². The average molecular weight is 391 g/mol. The van der Waals surface area contributed by atoms with E-state index in [2.05, 4.69) is 31.3 Å². The summed E-state index contributed by atoms with van der Waals surface area (Å²) in [6.07, 6.45) is 0. The van der Waals surface area contributed by atoms with Crippen LogP contribution in [-0.2, 0) is 11.3 Å². The van der Waals surface area contributed by atoms with Crippen molar-refractivity contribution >= 4 is 11.6 Å². The summed E-state index contributed by atoms with van der Waals surface area (Å²) in [6, 6.07) is 14.3. The fraction of sp³-hybridized carbons (Fsp3) is 0.333. The van der Waals surface area contributed by atoms with Gasteiger partial charge >= 0.3 is 0 Å². The number of hydrogen-bond acceptors (Lipinski definition) is 3. The summed E-state index contributed by atoms with van der Waals surface area (Å²) in [5.41, 5.74) is 8.60. The van der Waals surface area contributed by atoms with Crippen molar-refractivity contribution in [2.24, 2.45) is 0 Å². The predicted octanol–water partition coefficient (Wildman–Crippen LogP) is 4.48. The number of carbonyl (C=O) groups excluding carboxylic acids is 1. The normalized spacial score (nSPS) is 11.1. The van der Waals surface area contributed by atoms with Crippen molar-refractivity contribution in [1.82, 2.24) is 14.7 Å². The van der Waals surface area contributed by atoms with E-state index in [4.69, 9.17) is 5.10 Å². The summed E-state index contributed by atoms with van der Waals surface area (Å²) in [5, 5.41) is 7.82. The molecule has 0 saturated carbocycles. The number of carbonyl (C=O) groups is 1. The fourth-order valence-corrected chi connectivity index (χ4v) is 3.70. The number of nitrogens with zero attached hydrogens (tertiary/aromatic N) is 3. The van der Waals surface area contributed by atoms with Gasteiger partial charge in [0.2, 0.25) is 5.91 Å². The van der Waals surface area contributed by atoms with Crippen molar-refractivity contribution in [3.05, 3.63) is 76.1 Å². The maximum atomic E-state index is 12.6. The van der Waals surface area contributed by atoms with Gasteiger partial charge < -0.3 is 5.32 Å². The van der Waals surface area contributed by atoms with Gasteiger partial charge in [0.25, 0.3) is 0 Å². The lowest BCUT2D eigenvalue weighted by Crippen LogP contribution is -2.30. The van der Waals surface area contributed by atoms with Gasteiger partial charge in [-0.1, -0.05) is 36.4 Å². The zero-order chi connectivity index (χ0) is 21.1. The smallest absolute Gasteiger partial charge is 0.238 e. The number of aromatic nitrogens is 2. The molecule has 0 spiro atoms. The Morgan fingerprint density at radius 1 is 0.966 bits per heavy atom. The molecule has 0 bridgehead atoms. The van der Waals surface area contributed by atoms with Crippen LogP contribution in [0.3, 0.4) is 0 Å². The van der Waals surface area contributed by atoms with Gasteiger partial charge in [-0.2, -0.15) is 5.10 Å². The van der Waals surface area contributed by atoms with Crippen molar-refractivity contribution in [2.75, 3.05) is 18.9 Å². The third-order valence-corrected chi connectivity index (χ3v) is 5.37. The summed E-state index contributed by atoms with van der Waals surface area (Å²) in [6.45, 7) is 11.2. The molecule has 1 heterocycles. The third-order valence-electron chi connectivity index (χ3n) is 5.37. The Hall–Kier alpha value is -2.92. The molecular weight excluding hydrogens is 360 g/mol. The molecule has 0 radical (unpaired) electrons.